The molecule has 1 aliphatic rings. The summed E-state index contributed by atoms with van der Waals surface area (Å²) >= 11 is 0. The highest BCUT2D eigenvalue weighted by molar-refractivity contribution is 6.03. The lowest BCUT2D eigenvalue weighted by Gasteiger charge is -2.17. The minimum Gasteiger partial charge on any atom is -0.464 e. The third kappa shape index (κ3) is 1.77. The first-order valence-corrected chi connectivity index (χ1v) is 7.15. The van der Waals surface area contributed by atoms with Crippen molar-refractivity contribution in [1.82, 2.24) is 15.2 Å². The first kappa shape index (κ1) is 12.8. The summed E-state index contributed by atoms with van der Waals surface area (Å²) in [6.45, 7) is 2.14. The topological polar surface area (TPSA) is 79.9 Å². The molecule has 3 aromatic rings. The summed E-state index contributed by atoms with van der Waals surface area (Å²) in [6, 6.07) is 7.28. The normalized spacial score (nSPS) is 15.8. The van der Waals surface area contributed by atoms with Crippen LogP contribution in [0.3, 0.4) is 0 Å². The summed E-state index contributed by atoms with van der Waals surface area (Å²) in [5, 5.41) is 12.4. The first-order valence-electron chi connectivity index (χ1n) is 7.15. The van der Waals surface area contributed by atoms with E-state index in [-0.39, 0.29) is 5.97 Å². The summed E-state index contributed by atoms with van der Waals surface area (Å²) in [7, 11) is 0. The lowest BCUT2D eigenvalue weighted by molar-refractivity contribution is -0.144. The van der Waals surface area contributed by atoms with Crippen LogP contribution in [0.4, 0.5) is 5.69 Å². The van der Waals surface area contributed by atoms with Crippen molar-refractivity contribution in [3.8, 4) is 11.1 Å². The largest absolute Gasteiger partial charge is 0.464 e. The summed E-state index contributed by atoms with van der Waals surface area (Å²) in [5.74, 6) is -0.303. The molecule has 0 saturated heterocycles. The molecule has 0 amide bonds. The molecule has 0 spiro atoms. The van der Waals surface area contributed by atoms with Crippen LogP contribution in [-0.2, 0) is 9.53 Å². The van der Waals surface area contributed by atoms with Gasteiger partial charge in [0, 0.05) is 34.0 Å². The number of H-pyrrole nitrogens is 1. The van der Waals surface area contributed by atoms with E-state index in [1.165, 1.54) is 0 Å². The zero-order valence-corrected chi connectivity index (χ0v) is 12.0. The number of rotatable bonds is 2. The molecule has 1 aliphatic heterocycles. The van der Waals surface area contributed by atoms with E-state index in [9.17, 15) is 4.79 Å². The Morgan fingerprint density at radius 3 is 3.05 bits per heavy atom. The Morgan fingerprint density at radius 2 is 2.18 bits per heavy atom. The molecular weight excluding hydrogens is 280 g/mol. The predicted molar refractivity (Wildman–Crippen MR) is 82.3 cm³/mol. The summed E-state index contributed by atoms with van der Waals surface area (Å²) in [6.07, 6.45) is 3.52. The van der Waals surface area contributed by atoms with Crippen LogP contribution in [0.15, 0.2) is 36.7 Å². The molecule has 22 heavy (non-hydrogen) atoms. The van der Waals surface area contributed by atoms with E-state index in [2.05, 4.69) is 20.5 Å². The number of carbonyl (C=O) groups excluding carboxylic acids is 1. The molecule has 0 saturated carbocycles. The molecule has 4 rings (SSSR count). The number of benzene rings is 1. The average Bonchev–Trinajstić information content (AvgIpc) is 2.90. The van der Waals surface area contributed by atoms with Gasteiger partial charge in [0.15, 0.2) is 11.7 Å². The van der Waals surface area contributed by atoms with Crippen molar-refractivity contribution in [3.63, 3.8) is 0 Å². The SMILES string of the molecule is CCOC(=O)C1Nc2ccccc2-c2cnnc3[nH]cc1c23. The third-order valence-electron chi connectivity index (χ3n) is 3.85. The summed E-state index contributed by atoms with van der Waals surface area (Å²) in [5.41, 5.74) is 4.33. The van der Waals surface area contributed by atoms with Gasteiger partial charge in [-0.3, -0.25) is 0 Å². The Bertz CT molecular complexity index is 871. The van der Waals surface area contributed by atoms with Gasteiger partial charge >= 0.3 is 5.97 Å². The predicted octanol–water partition coefficient (Wildman–Crippen LogP) is 2.65. The van der Waals surface area contributed by atoms with E-state index in [0.29, 0.717) is 12.3 Å². The van der Waals surface area contributed by atoms with Crippen LogP contribution in [-0.4, -0.2) is 27.8 Å². The number of aromatic nitrogens is 3. The number of anilines is 1. The van der Waals surface area contributed by atoms with Crippen molar-refractivity contribution in [2.24, 2.45) is 0 Å². The average molecular weight is 294 g/mol. The lowest BCUT2D eigenvalue weighted by atomic mass is 10.0. The number of nitrogens with one attached hydrogen (secondary N) is 2. The molecule has 2 N–H and O–H groups in total. The standard InChI is InChI=1S/C16H14N4O2/c1-2-22-16(21)14-11-7-17-15-13(11)10(8-18-20-15)9-5-3-4-6-12(9)19-14/h3-8,14,19H,2H2,1H3,(H,17,20). The highest BCUT2D eigenvalue weighted by Crippen LogP contribution is 2.41. The fraction of sp³-hybridized carbons (Fsp3) is 0.188. The summed E-state index contributed by atoms with van der Waals surface area (Å²) in [4.78, 5) is 15.5. The fourth-order valence-electron chi connectivity index (χ4n) is 2.92. The van der Waals surface area contributed by atoms with Crippen LogP contribution in [0.5, 0.6) is 0 Å². The van der Waals surface area contributed by atoms with Gasteiger partial charge in [-0.15, -0.1) is 5.10 Å². The maximum Gasteiger partial charge on any atom is 0.333 e. The number of aromatic amines is 1. The Hall–Kier alpha value is -2.89. The number of esters is 1. The van der Waals surface area contributed by atoms with Gasteiger partial charge in [0.05, 0.1) is 12.8 Å². The van der Waals surface area contributed by atoms with E-state index in [1.54, 1.807) is 19.3 Å². The second-order valence-electron chi connectivity index (χ2n) is 5.10. The minimum absolute atomic E-state index is 0.303. The number of carbonyl (C=O) groups is 1. The number of hydrogen-bond acceptors (Lipinski definition) is 5. The Labute approximate surface area is 126 Å². The maximum absolute atomic E-state index is 12.4. The minimum atomic E-state index is -0.569. The van der Waals surface area contributed by atoms with Crippen molar-refractivity contribution in [2.45, 2.75) is 13.0 Å². The Balaban J connectivity index is 2.02. The van der Waals surface area contributed by atoms with E-state index >= 15 is 0 Å². The van der Waals surface area contributed by atoms with Crippen LogP contribution in [0.1, 0.15) is 18.5 Å². The molecule has 6 nitrogen and oxygen atoms in total. The Morgan fingerprint density at radius 1 is 1.32 bits per heavy atom. The smallest absolute Gasteiger partial charge is 0.333 e. The molecule has 0 radical (unpaired) electrons. The van der Waals surface area contributed by atoms with E-state index in [1.807, 2.05) is 24.3 Å². The fourth-order valence-corrected chi connectivity index (χ4v) is 2.92. The number of hydrogen-bond donors (Lipinski definition) is 2. The van der Waals surface area contributed by atoms with Gasteiger partial charge in [0.1, 0.15) is 0 Å². The molecule has 0 aliphatic carbocycles. The van der Waals surface area contributed by atoms with Crippen molar-refractivity contribution in [3.05, 3.63) is 42.2 Å². The van der Waals surface area contributed by atoms with Crippen LogP contribution in [0, 0.1) is 0 Å². The quantitative estimate of drug-likeness (QED) is 0.710. The number of para-hydroxylation sites is 1. The van der Waals surface area contributed by atoms with Gasteiger partial charge in [0.2, 0.25) is 0 Å². The van der Waals surface area contributed by atoms with Crippen LogP contribution in [0.2, 0.25) is 0 Å². The van der Waals surface area contributed by atoms with Crippen molar-refractivity contribution in [2.75, 3.05) is 11.9 Å². The zero-order valence-electron chi connectivity index (χ0n) is 12.0. The zero-order chi connectivity index (χ0) is 15.1. The molecular formula is C16H14N4O2. The number of nitrogens with zero attached hydrogens (tertiary/aromatic N) is 2. The van der Waals surface area contributed by atoms with Gasteiger partial charge in [-0.25, -0.2) is 4.79 Å². The lowest BCUT2D eigenvalue weighted by Crippen LogP contribution is -2.22. The third-order valence-corrected chi connectivity index (χ3v) is 3.85. The Kier molecular flexibility index (Phi) is 2.82. The molecule has 2 aromatic heterocycles. The van der Waals surface area contributed by atoms with Crippen LogP contribution < -0.4 is 5.32 Å². The molecule has 1 atom stereocenters. The first-order chi connectivity index (χ1) is 10.8. The van der Waals surface area contributed by atoms with E-state index in [4.69, 9.17) is 4.74 Å². The van der Waals surface area contributed by atoms with Gasteiger partial charge in [-0.05, 0) is 13.0 Å². The highest BCUT2D eigenvalue weighted by atomic mass is 16.5. The van der Waals surface area contributed by atoms with Gasteiger partial charge in [-0.1, -0.05) is 18.2 Å². The maximum atomic E-state index is 12.4. The van der Waals surface area contributed by atoms with Crippen molar-refractivity contribution in [1.29, 1.82) is 0 Å². The summed E-state index contributed by atoms with van der Waals surface area (Å²) < 4.78 is 5.22. The number of fused-ring (bicyclic) bond motifs is 2. The van der Waals surface area contributed by atoms with Crippen molar-refractivity contribution >= 4 is 22.7 Å². The second kappa shape index (κ2) is 4.84. The molecule has 1 unspecified atom stereocenters. The van der Waals surface area contributed by atoms with Gasteiger partial charge in [-0.2, -0.15) is 5.10 Å². The van der Waals surface area contributed by atoms with Gasteiger partial charge < -0.3 is 15.0 Å². The van der Waals surface area contributed by atoms with E-state index < -0.39 is 6.04 Å². The molecule has 6 heteroatoms. The molecule has 3 heterocycles. The molecule has 0 fully saturated rings. The van der Waals surface area contributed by atoms with Crippen molar-refractivity contribution < 1.29 is 9.53 Å². The van der Waals surface area contributed by atoms with Gasteiger partial charge in [0.25, 0.3) is 0 Å². The van der Waals surface area contributed by atoms with Crippen LogP contribution >= 0.6 is 0 Å². The highest BCUT2D eigenvalue weighted by Gasteiger charge is 2.30. The second-order valence-corrected chi connectivity index (χ2v) is 5.10. The molecule has 0 bridgehead atoms. The molecule has 110 valence electrons. The number of ether oxygens (including phenoxy) is 1. The molecule has 1 aromatic carbocycles. The van der Waals surface area contributed by atoms with Crippen LogP contribution in [0.25, 0.3) is 22.2 Å². The monoisotopic (exact) mass is 294 g/mol. The van der Waals surface area contributed by atoms with E-state index in [0.717, 1.165) is 27.8 Å².